The van der Waals surface area contributed by atoms with Crippen LogP contribution in [0.1, 0.15) is 22.3 Å². The van der Waals surface area contributed by atoms with Gasteiger partial charge in [-0.1, -0.05) is 12.1 Å². The van der Waals surface area contributed by atoms with Crippen LogP contribution in [0.25, 0.3) is 0 Å². The Morgan fingerprint density at radius 2 is 2.00 bits per heavy atom. The summed E-state index contributed by atoms with van der Waals surface area (Å²) in [6.45, 7) is 0.962. The van der Waals surface area contributed by atoms with Crippen LogP contribution in [0, 0.1) is 5.82 Å². The average molecular weight is 356 g/mol. The number of carbonyl (C=O) groups is 2. The Bertz CT molecular complexity index is 790. The van der Waals surface area contributed by atoms with Gasteiger partial charge in [-0.2, -0.15) is 0 Å². The molecule has 2 heterocycles. The third kappa shape index (κ3) is 3.99. The van der Waals surface area contributed by atoms with Crippen LogP contribution < -0.4 is 10.2 Å². The first-order chi connectivity index (χ1) is 12.4. The summed E-state index contributed by atoms with van der Waals surface area (Å²) in [6.07, 6.45) is 2.05. The third-order valence-corrected chi connectivity index (χ3v) is 4.36. The van der Waals surface area contributed by atoms with Gasteiger partial charge in [0.05, 0.1) is 5.56 Å². The molecule has 6 nitrogen and oxygen atoms in total. The molecule has 1 aromatic heterocycles. The highest BCUT2D eigenvalue weighted by atomic mass is 19.1. The van der Waals surface area contributed by atoms with Crippen molar-refractivity contribution in [3.63, 3.8) is 0 Å². The summed E-state index contributed by atoms with van der Waals surface area (Å²) in [5.41, 5.74) is 1.27. The summed E-state index contributed by atoms with van der Waals surface area (Å²) in [7, 11) is 3.74. The van der Waals surface area contributed by atoms with E-state index < -0.39 is 6.04 Å². The van der Waals surface area contributed by atoms with Gasteiger partial charge in [0, 0.05) is 33.4 Å². The van der Waals surface area contributed by atoms with E-state index in [0.717, 1.165) is 11.4 Å². The second kappa shape index (κ2) is 7.51. The van der Waals surface area contributed by atoms with E-state index in [9.17, 15) is 14.0 Å². The first kappa shape index (κ1) is 17.8. The van der Waals surface area contributed by atoms with E-state index in [1.54, 1.807) is 29.2 Å². The molecule has 2 aromatic rings. The zero-order chi connectivity index (χ0) is 18.7. The van der Waals surface area contributed by atoms with E-state index in [-0.39, 0.29) is 17.6 Å². The fraction of sp³-hybridized carbons (Fsp3) is 0.316. The number of benzene rings is 1. The molecule has 1 saturated heterocycles. The number of aromatic nitrogens is 1. The summed E-state index contributed by atoms with van der Waals surface area (Å²) in [5, 5.41) is 2.77. The van der Waals surface area contributed by atoms with Crippen molar-refractivity contribution < 1.29 is 14.0 Å². The molecule has 1 aliphatic rings. The zero-order valence-corrected chi connectivity index (χ0v) is 14.8. The van der Waals surface area contributed by atoms with Crippen molar-refractivity contribution in [1.82, 2.24) is 15.2 Å². The molecule has 1 atom stereocenters. The molecule has 0 radical (unpaired) electrons. The van der Waals surface area contributed by atoms with Crippen LogP contribution in [0.3, 0.4) is 0 Å². The van der Waals surface area contributed by atoms with Gasteiger partial charge in [-0.15, -0.1) is 0 Å². The van der Waals surface area contributed by atoms with Crippen molar-refractivity contribution in [2.45, 2.75) is 19.0 Å². The van der Waals surface area contributed by atoms with E-state index in [1.807, 2.05) is 19.0 Å². The summed E-state index contributed by atoms with van der Waals surface area (Å²) >= 11 is 0. The van der Waals surface area contributed by atoms with Crippen LogP contribution in [0.5, 0.6) is 0 Å². The summed E-state index contributed by atoms with van der Waals surface area (Å²) < 4.78 is 13.0. The van der Waals surface area contributed by atoms with Gasteiger partial charge in [0.2, 0.25) is 5.91 Å². The molecule has 7 heteroatoms. The number of pyridine rings is 1. The lowest BCUT2D eigenvalue weighted by Crippen LogP contribution is -2.41. The molecule has 0 unspecified atom stereocenters. The molecule has 0 bridgehead atoms. The minimum atomic E-state index is -0.545. The average Bonchev–Trinajstić information content (AvgIpc) is 2.97. The molecule has 1 aliphatic heterocycles. The van der Waals surface area contributed by atoms with Crippen LogP contribution in [-0.4, -0.2) is 48.4 Å². The highest BCUT2D eigenvalue weighted by Crippen LogP contribution is 2.16. The number of nitrogens with one attached hydrogen (secondary N) is 1. The van der Waals surface area contributed by atoms with E-state index in [4.69, 9.17) is 0 Å². The highest BCUT2D eigenvalue weighted by molar-refractivity contribution is 5.97. The molecule has 26 heavy (non-hydrogen) atoms. The largest absolute Gasteiger partial charge is 0.363 e. The highest BCUT2D eigenvalue weighted by Gasteiger charge is 2.32. The van der Waals surface area contributed by atoms with Gasteiger partial charge in [-0.25, -0.2) is 9.37 Å². The summed E-state index contributed by atoms with van der Waals surface area (Å²) in [4.78, 5) is 32.6. The number of hydrogen-bond donors (Lipinski definition) is 1. The van der Waals surface area contributed by atoms with Crippen molar-refractivity contribution in [1.29, 1.82) is 0 Å². The van der Waals surface area contributed by atoms with Crippen LogP contribution in [0.2, 0.25) is 0 Å². The number of carbonyl (C=O) groups excluding carboxylic acids is 2. The molecule has 0 saturated carbocycles. The molecule has 1 fully saturated rings. The lowest BCUT2D eigenvalue weighted by molar-refractivity contribution is -0.129. The lowest BCUT2D eigenvalue weighted by Gasteiger charge is -2.17. The number of halogens is 1. The van der Waals surface area contributed by atoms with E-state index in [2.05, 4.69) is 10.3 Å². The van der Waals surface area contributed by atoms with Gasteiger partial charge in [-0.3, -0.25) is 9.59 Å². The predicted molar refractivity (Wildman–Crippen MR) is 96.3 cm³/mol. The number of hydrogen-bond acceptors (Lipinski definition) is 4. The molecule has 136 valence electrons. The quantitative estimate of drug-likeness (QED) is 0.888. The minimum Gasteiger partial charge on any atom is -0.363 e. The van der Waals surface area contributed by atoms with Crippen molar-refractivity contribution >= 4 is 17.6 Å². The van der Waals surface area contributed by atoms with Crippen molar-refractivity contribution in [2.75, 3.05) is 25.5 Å². The van der Waals surface area contributed by atoms with Gasteiger partial charge in [-0.05, 0) is 36.2 Å². The van der Waals surface area contributed by atoms with Gasteiger partial charge >= 0.3 is 0 Å². The summed E-state index contributed by atoms with van der Waals surface area (Å²) in [6, 6.07) is 8.97. The second-order valence-corrected chi connectivity index (χ2v) is 6.50. The van der Waals surface area contributed by atoms with Crippen molar-refractivity contribution in [3.05, 3.63) is 59.5 Å². The van der Waals surface area contributed by atoms with Crippen molar-refractivity contribution in [3.8, 4) is 0 Å². The Kier molecular flexibility index (Phi) is 5.16. The van der Waals surface area contributed by atoms with Crippen molar-refractivity contribution in [2.24, 2.45) is 0 Å². The molecule has 1 aromatic carbocycles. The fourth-order valence-electron chi connectivity index (χ4n) is 2.87. The topological polar surface area (TPSA) is 65.5 Å². The maximum absolute atomic E-state index is 13.0. The Morgan fingerprint density at radius 1 is 1.27 bits per heavy atom. The maximum atomic E-state index is 13.0. The number of amides is 2. The van der Waals surface area contributed by atoms with Crippen LogP contribution >= 0.6 is 0 Å². The molecule has 3 rings (SSSR count). The summed E-state index contributed by atoms with van der Waals surface area (Å²) in [5.74, 6) is 0.00910. The van der Waals surface area contributed by atoms with Gasteiger partial charge < -0.3 is 15.1 Å². The second-order valence-electron chi connectivity index (χ2n) is 6.50. The Balaban J connectivity index is 1.59. The third-order valence-electron chi connectivity index (χ3n) is 4.36. The van der Waals surface area contributed by atoms with E-state index in [0.29, 0.717) is 25.1 Å². The van der Waals surface area contributed by atoms with E-state index >= 15 is 0 Å². The van der Waals surface area contributed by atoms with E-state index in [1.165, 1.54) is 18.3 Å². The number of nitrogens with zero attached hydrogens (tertiary/aromatic N) is 3. The Morgan fingerprint density at radius 3 is 2.62 bits per heavy atom. The van der Waals surface area contributed by atoms with Crippen LogP contribution in [0.15, 0.2) is 42.6 Å². The van der Waals surface area contributed by atoms with Gasteiger partial charge in [0.15, 0.2) is 0 Å². The minimum absolute atomic E-state index is 0.124. The lowest BCUT2D eigenvalue weighted by atomic mass is 10.2. The SMILES string of the molecule is CN(C)c1ccc(C(=O)N[C@@H]2CCN(Cc3ccc(F)cc3)C2=O)cn1. The van der Waals surface area contributed by atoms with Gasteiger partial charge in [0.25, 0.3) is 5.91 Å². The smallest absolute Gasteiger partial charge is 0.253 e. The molecular formula is C19H21FN4O2. The fourth-order valence-corrected chi connectivity index (χ4v) is 2.87. The standard InChI is InChI=1S/C19H21FN4O2/c1-23(2)17-8-5-14(11-21-17)18(25)22-16-9-10-24(19(16)26)12-13-3-6-15(20)7-4-13/h3-8,11,16H,9-10,12H2,1-2H3,(H,22,25)/t16-/m1/s1. The van der Waals surface area contributed by atoms with Crippen LogP contribution in [-0.2, 0) is 11.3 Å². The number of anilines is 1. The van der Waals surface area contributed by atoms with Gasteiger partial charge in [0.1, 0.15) is 17.7 Å². The molecule has 0 spiro atoms. The maximum Gasteiger partial charge on any atom is 0.253 e. The number of likely N-dealkylation sites (tertiary alicyclic amines) is 1. The molecule has 1 N–H and O–H groups in total. The Hall–Kier alpha value is -2.96. The zero-order valence-electron chi connectivity index (χ0n) is 14.8. The normalized spacial score (nSPS) is 16.7. The molecule has 2 amide bonds. The van der Waals surface area contributed by atoms with Crippen LogP contribution in [0.4, 0.5) is 10.2 Å². The number of rotatable bonds is 5. The first-order valence-electron chi connectivity index (χ1n) is 8.41. The predicted octanol–water partition coefficient (Wildman–Crippen LogP) is 1.82. The molecular weight excluding hydrogens is 335 g/mol. The first-order valence-corrected chi connectivity index (χ1v) is 8.41. The molecule has 0 aliphatic carbocycles. The Labute approximate surface area is 151 Å². The monoisotopic (exact) mass is 356 g/mol.